The first-order valence-corrected chi connectivity index (χ1v) is 5.73. The van der Waals surface area contributed by atoms with E-state index >= 15 is 0 Å². The zero-order valence-electron chi connectivity index (χ0n) is 9.91. The molecule has 0 fully saturated rings. The highest BCUT2D eigenvalue weighted by Gasteiger charge is 2.00. The third-order valence-electron chi connectivity index (χ3n) is 2.48. The molecule has 0 spiro atoms. The third kappa shape index (κ3) is 3.31. The highest BCUT2D eigenvalue weighted by Crippen LogP contribution is 2.04. The van der Waals surface area contributed by atoms with Crippen LogP contribution in [0.15, 0.2) is 36.8 Å². The van der Waals surface area contributed by atoms with Gasteiger partial charge in [0.25, 0.3) is 0 Å². The van der Waals surface area contributed by atoms with Gasteiger partial charge in [-0.1, -0.05) is 0 Å². The Hall–Kier alpha value is -2.37. The molecular formula is C12H15N5O. The lowest BCUT2D eigenvalue weighted by atomic mass is 10.3. The van der Waals surface area contributed by atoms with Crippen molar-refractivity contribution in [2.24, 2.45) is 5.73 Å². The highest BCUT2D eigenvalue weighted by atomic mass is 16.1. The Morgan fingerprint density at radius 1 is 1.44 bits per heavy atom. The van der Waals surface area contributed by atoms with Gasteiger partial charge in [-0.2, -0.15) is 5.10 Å². The maximum absolute atomic E-state index is 10.9. The first-order chi connectivity index (χ1) is 8.75. The second-order valence-corrected chi connectivity index (χ2v) is 3.85. The van der Waals surface area contributed by atoms with Crippen molar-refractivity contribution in [2.75, 3.05) is 11.9 Å². The average molecular weight is 245 g/mol. The van der Waals surface area contributed by atoms with Gasteiger partial charge in [-0.05, 0) is 24.6 Å². The summed E-state index contributed by atoms with van der Waals surface area (Å²) in [4.78, 5) is 15.0. The summed E-state index contributed by atoms with van der Waals surface area (Å²) in [6.07, 6.45) is 6.11. The molecule has 0 saturated heterocycles. The smallest absolute Gasteiger partial charge is 0.250 e. The van der Waals surface area contributed by atoms with Gasteiger partial charge in [-0.15, -0.1) is 0 Å². The lowest BCUT2D eigenvalue weighted by molar-refractivity contribution is 0.1000. The van der Waals surface area contributed by atoms with Crippen LogP contribution in [0.1, 0.15) is 16.8 Å². The number of carbonyl (C=O) groups excluding carboxylic acids is 1. The topological polar surface area (TPSA) is 85.8 Å². The van der Waals surface area contributed by atoms with E-state index in [4.69, 9.17) is 5.73 Å². The minimum Gasteiger partial charge on any atom is -0.370 e. The van der Waals surface area contributed by atoms with E-state index in [0.29, 0.717) is 5.56 Å². The molecule has 2 aromatic heterocycles. The number of nitrogens with one attached hydrogen (secondary N) is 1. The van der Waals surface area contributed by atoms with Crippen LogP contribution in [0.3, 0.4) is 0 Å². The molecule has 0 aliphatic heterocycles. The largest absolute Gasteiger partial charge is 0.370 e. The molecule has 0 aromatic carbocycles. The Morgan fingerprint density at radius 2 is 2.33 bits per heavy atom. The Kier molecular flexibility index (Phi) is 3.90. The number of nitrogens with two attached hydrogens (primary N) is 1. The van der Waals surface area contributed by atoms with E-state index < -0.39 is 5.91 Å². The SMILES string of the molecule is NC(=O)c1ccc(NCCCn2cccn2)nc1. The molecule has 94 valence electrons. The van der Waals surface area contributed by atoms with Crippen molar-refractivity contribution in [2.45, 2.75) is 13.0 Å². The number of hydrogen-bond acceptors (Lipinski definition) is 4. The Bertz CT molecular complexity index is 492. The van der Waals surface area contributed by atoms with Gasteiger partial charge < -0.3 is 11.1 Å². The van der Waals surface area contributed by atoms with E-state index in [0.717, 1.165) is 25.3 Å². The standard InChI is InChI=1S/C12H15N5O/c13-12(18)10-3-4-11(15-9-10)14-5-1-7-17-8-2-6-16-17/h2-4,6,8-9H,1,5,7H2,(H2,13,18)(H,14,15). The molecule has 0 aliphatic carbocycles. The van der Waals surface area contributed by atoms with Crippen molar-refractivity contribution >= 4 is 11.7 Å². The number of carbonyl (C=O) groups is 1. The number of amides is 1. The number of aromatic nitrogens is 3. The van der Waals surface area contributed by atoms with Crippen molar-refractivity contribution in [1.29, 1.82) is 0 Å². The fraction of sp³-hybridized carbons (Fsp3) is 0.250. The van der Waals surface area contributed by atoms with E-state index in [1.165, 1.54) is 6.20 Å². The molecule has 2 rings (SSSR count). The Morgan fingerprint density at radius 3 is 2.94 bits per heavy atom. The van der Waals surface area contributed by atoms with Crippen LogP contribution in [0.25, 0.3) is 0 Å². The fourth-order valence-electron chi connectivity index (χ4n) is 1.53. The second kappa shape index (κ2) is 5.81. The predicted molar refractivity (Wildman–Crippen MR) is 68.1 cm³/mol. The molecule has 6 nitrogen and oxygen atoms in total. The van der Waals surface area contributed by atoms with E-state index in [-0.39, 0.29) is 0 Å². The summed E-state index contributed by atoms with van der Waals surface area (Å²) >= 11 is 0. The van der Waals surface area contributed by atoms with E-state index in [1.807, 2.05) is 16.9 Å². The first kappa shape index (κ1) is 12.1. The fourth-order valence-corrected chi connectivity index (χ4v) is 1.53. The van der Waals surface area contributed by atoms with Crippen LogP contribution in [0.4, 0.5) is 5.82 Å². The minimum atomic E-state index is -0.465. The van der Waals surface area contributed by atoms with Gasteiger partial charge in [-0.3, -0.25) is 9.48 Å². The van der Waals surface area contributed by atoms with Gasteiger partial charge in [0, 0.05) is 31.7 Å². The molecule has 0 radical (unpaired) electrons. The normalized spacial score (nSPS) is 10.2. The number of primary amides is 1. The molecule has 1 amide bonds. The van der Waals surface area contributed by atoms with Gasteiger partial charge in [0.1, 0.15) is 5.82 Å². The maximum Gasteiger partial charge on any atom is 0.250 e. The highest BCUT2D eigenvalue weighted by molar-refractivity contribution is 5.92. The van der Waals surface area contributed by atoms with Crippen LogP contribution in [0.2, 0.25) is 0 Å². The molecule has 0 saturated carbocycles. The van der Waals surface area contributed by atoms with Gasteiger partial charge >= 0.3 is 0 Å². The first-order valence-electron chi connectivity index (χ1n) is 5.73. The number of anilines is 1. The van der Waals surface area contributed by atoms with Crippen LogP contribution < -0.4 is 11.1 Å². The zero-order chi connectivity index (χ0) is 12.8. The number of aryl methyl sites for hydroxylation is 1. The lowest BCUT2D eigenvalue weighted by Crippen LogP contribution is -2.12. The molecular weight excluding hydrogens is 230 g/mol. The minimum absolute atomic E-state index is 0.414. The van der Waals surface area contributed by atoms with Gasteiger partial charge in [-0.25, -0.2) is 4.98 Å². The van der Waals surface area contributed by atoms with Crippen molar-refractivity contribution in [1.82, 2.24) is 14.8 Å². The monoisotopic (exact) mass is 245 g/mol. The van der Waals surface area contributed by atoms with E-state index in [2.05, 4.69) is 15.4 Å². The quantitative estimate of drug-likeness (QED) is 0.740. The van der Waals surface area contributed by atoms with Crippen molar-refractivity contribution in [3.63, 3.8) is 0 Å². The summed E-state index contributed by atoms with van der Waals surface area (Å²) in [6, 6.07) is 5.30. The summed E-state index contributed by atoms with van der Waals surface area (Å²) in [7, 11) is 0. The van der Waals surface area contributed by atoms with Crippen molar-refractivity contribution in [3.8, 4) is 0 Å². The molecule has 3 N–H and O–H groups in total. The van der Waals surface area contributed by atoms with Crippen LogP contribution in [0.5, 0.6) is 0 Å². The maximum atomic E-state index is 10.9. The lowest BCUT2D eigenvalue weighted by Gasteiger charge is -2.05. The second-order valence-electron chi connectivity index (χ2n) is 3.85. The number of pyridine rings is 1. The predicted octanol–water partition coefficient (Wildman–Crippen LogP) is 0.879. The summed E-state index contributed by atoms with van der Waals surface area (Å²) in [5.41, 5.74) is 5.54. The number of nitrogens with zero attached hydrogens (tertiary/aromatic N) is 3. The zero-order valence-corrected chi connectivity index (χ0v) is 9.91. The molecule has 6 heteroatoms. The Balaban J connectivity index is 1.75. The molecule has 0 atom stereocenters. The van der Waals surface area contributed by atoms with Crippen LogP contribution in [-0.4, -0.2) is 27.2 Å². The molecule has 2 heterocycles. The molecule has 18 heavy (non-hydrogen) atoms. The third-order valence-corrected chi connectivity index (χ3v) is 2.48. The van der Waals surface area contributed by atoms with Gasteiger partial charge in [0.2, 0.25) is 5.91 Å². The van der Waals surface area contributed by atoms with Crippen LogP contribution in [-0.2, 0) is 6.54 Å². The average Bonchev–Trinajstić information content (AvgIpc) is 2.88. The van der Waals surface area contributed by atoms with Gasteiger partial charge in [0.15, 0.2) is 0 Å². The summed E-state index contributed by atoms with van der Waals surface area (Å²) in [6.45, 7) is 1.65. The summed E-state index contributed by atoms with van der Waals surface area (Å²) in [5.74, 6) is 0.271. The number of rotatable bonds is 6. The van der Waals surface area contributed by atoms with Crippen LogP contribution in [0, 0.1) is 0 Å². The number of hydrogen-bond donors (Lipinski definition) is 2. The van der Waals surface area contributed by atoms with Crippen molar-refractivity contribution in [3.05, 3.63) is 42.4 Å². The van der Waals surface area contributed by atoms with Gasteiger partial charge in [0.05, 0.1) is 5.56 Å². The molecule has 0 aliphatic rings. The molecule has 2 aromatic rings. The molecule has 0 unspecified atom stereocenters. The van der Waals surface area contributed by atoms with Crippen LogP contribution >= 0.6 is 0 Å². The van der Waals surface area contributed by atoms with E-state index in [9.17, 15) is 4.79 Å². The summed E-state index contributed by atoms with van der Waals surface area (Å²) < 4.78 is 1.88. The van der Waals surface area contributed by atoms with Crippen molar-refractivity contribution < 1.29 is 4.79 Å². The van der Waals surface area contributed by atoms with E-state index in [1.54, 1.807) is 18.3 Å². The summed E-state index contributed by atoms with van der Waals surface area (Å²) in [5, 5.41) is 7.28. The Labute approximate surface area is 105 Å². The molecule has 0 bridgehead atoms.